The Morgan fingerprint density at radius 3 is 2.52 bits per heavy atom. The zero-order chi connectivity index (χ0) is 15.6. The summed E-state index contributed by atoms with van der Waals surface area (Å²) in [6, 6.07) is 7.11. The van der Waals surface area contributed by atoms with Gasteiger partial charge in [0.2, 0.25) is 5.95 Å². The van der Waals surface area contributed by atoms with Gasteiger partial charge < -0.3 is 11.1 Å². The quantitative estimate of drug-likeness (QED) is 0.824. The van der Waals surface area contributed by atoms with Crippen molar-refractivity contribution >= 4 is 34.9 Å². The van der Waals surface area contributed by atoms with Crippen molar-refractivity contribution in [3.8, 4) is 11.3 Å². The summed E-state index contributed by atoms with van der Waals surface area (Å²) in [6.07, 6.45) is -4.62. The number of halogens is 4. The largest absolute Gasteiger partial charge is 0.433 e. The Morgan fingerprint density at radius 2 is 1.95 bits per heavy atom. The maximum Gasteiger partial charge on any atom is 0.433 e. The Labute approximate surface area is 128 Å². The second-order valence-electron chi connectivity index (χ2n) is 3.96. The Hall–Kier alpha value is -1.93. The Balaban J connectivity index is 2.57. The van der Waals surface area contributed by atoms with Gasteiger partial charge in [-0.2, -0.15) is 13.2 Å². The van der Waals surface area contributed by atoms with E-state index in [-0.39, 0.29) is 16.8 Å². The zero-order valence-electron chi connectivity index (χ0n) is 10.3. The highest BCUT2D eigenvalue weighted by molar-refractivity contribution is 7.80. The van der Waals surface area contributed by atoms with Crippen molar-refractivity contribution in [3.63, 3.8) is 0 Å². The van der Waals surface area contributed by atoms with Crippen LogP contribution in [0.2, 0.25) is 5.02 Å². The van der Waals surface area contributed by atoms with Crippen LogP contribution < -0.4 is 11.1 Å². The predicted octanol–water partition coefficient (Wildman–Crippen LogP) is 3.47. The van der Waals surface area contributed by atoms with E-state index in [4.69, 9.17) is 17.3 Å². The SMILES string of the molecule is NC(=S)Nc1nc(-c2cccc(Cl)c2)cc(C(F)(F)F)n1. The highest BCUT2D eigenvalue weighted by Gasteiger charge is 2.33. The van der Waals surface area contributed by atoms with Crippen LogP contribution in [0.25, 0.3) is 11.3 Å². The molecule has 0 unspecified atom stereocenters. The number of benzene rings is 1. The highest BCUT2D eigenvalue weighted by atomic mass is 35.5. The molecule has 110 valence electrons. The maximum absolute atomic E-state index is 12.9. The fourth-order valence-corrected chi connectivity index (χ4v) is 1.84. The predicted molar refractivity (Wildman–Crippen MR) is 77.9 cm³/mol. The van der Waals surface area contributed by atoms with Crippen LogP contribution in [0.5, 0.6) is 0 Å². The number of alkyl halides is 3. The highest BCUT2D eigenvalue weighted by Crippen LogP contribution is 2.31. The van der Waals surface area contributed by atoms with E-state index in [1.807, 2.05) is 0 Å². The minimum atomic E-state index is -4.62. The molecule has 4 nitrogen and oxygen atoms in total. The van der Waals surface area contributed by atoms with Crippen molar-refractivity contribution < 1.29 is 13.2 Å². The summed E-state index contributed by atoms with van der Waals surface area (Å²) in [6.45, 7) is 0. The van der Waals surface area contributed by atoms with Crippen LogP contribution in [0, 0.1) is 0 Å². The van der Waals surface area contributed by atoms with Crippen molar-refractivity contribution in [1.82, 2.24) is 9.97 Å². The third-order valence-electron chi connectivity index (χ3n) is 2.37. The number of thiocarbonyl (C=S) groups is 1. The van der Waals surface area contributed by atoms with Gasteiger partial charge in [0, 0.05) is 10.6 Å². The molecule has 0 aliphatic heterocycles. The second-order valence-corrected chi connectivity index (χ2v) is 4.84. The molecule has 2 aromatic rings. The van der Waals surface area contributed by atoms with Gasteiger partial charge >= 0.3 is 6.18 Å². The van der Waals surface area contributed by atoms with Crippen molar-refractivity contribution in [3.05, 3.63) is 41.0 Å². The number of anilines is 1. The average Bonchev–Trinajstić information content (AvgIpc) is 2.36. The van der Waals surface area contributed by atoms with E-state index >= 15 is 0 Å². The molecule has 0 aliphatic rings. The molecule has 1 aromatic carbocycles. The third kappa shape index (κ3) is 4.02. The lowest BCUT2D eigenvalue weighted by molar-refractivity contribution is -0.141. The van der Waals surface area contributed by atoms with Crippen LogP contribution >= 0.6 is 23.8 Å². The first-order valence-corrected chi connectivity index (χ1v) is 6.33. The Bertz CT molecular complexity index is 690. The van der Waals surface area contributed by atoms with E-state index in [1.54, 1.807) is 18.2 Å². The van der Waals surface area contributed by atoms with Gasteiger partial charge in [-0.1, -0.05) is 23.7 Å². The van der Waals surface area contributed by atoms with Gasteiger partial charge in [-0.3, -0.25) is 0 Å². The fraction of sp³-hybridized carbons (Fsp3) is 0.0833. The summed E-state index contributed by atoms with van der Waals surface area (Å²) in [4.78, 5) is 7.30. The van der Waals surface area contributed by atoms with Crippen LogP contribution in [-0.2, 0) is 6.18 Å². The number of nitrogens with zero attached hydrogens (tertiary/aromatic N) is 2. The normalized spacial score (nSPS) is 11.2. The first-order valence-electron chi connectivity index (χ1n) is 5.54. The molecule has 0 aliphatic carbocycles. The number of nitrogens with one attached hydrogen (secondary N) is 1. The first kappa shape index (κ1) is 15.5. The van der Waals surface area contributed by atoms with E-state index in [9.17, 15) is 13.2 Å². The van der Waals surface area contributed by atoms with Gasteiger partial charge in [-0.15, -0.1) is 0 Å². The van der Waals surface area contributed by atoms with Gasteiger partial charge in [0.15, 0.2) is 10.8 Å². The molecule has 0 bridgehead atoms. The summed E-state index contributed by atoms with van der Waals surface area (Å²) in [5.41, 5.74) is 4.60. The third-order valence-corrected chi connectivity index (χ3v) is 2.71. The molecule has 1 heterocycles. The topological polar surface area (TPSA) is 63.8 Å². The monoisotopic (exact) mass is 332 g/mol. The fourth-order valence-electron chi connectivity index (χ4n) is 1.55. The summed E-state index contributed by atoms with van der Waals surface area (Å²) in [7, 11) is 0. The van der Waals surface area contributed by atoms with Crippen molar-refractivity contribution in [2.45, 2.75) is 6.18 Å². The number of hydrogen-bond acceptors (Lipinski definition) is 3. The molecule has 0 spiro atoms. The van der Waals surface area contributed by atoms with Gasteiger partial charge in [-0.25, -0.2) is 9.97 Å². The van der Waals surface area contributed by atoms with Gasteiger partial charge in [0.25, 0.3) is 0 Å². The van der Waals surface area contributed by atoms with Gasteiger partial charge in [0.05, 0.1) is 5.69 Å². The van der Waals surface area contributed by atoms with E-state index in [1.165, 1.54) is 6.07 Å². The maximum atomic E-state index is 12.9. The average molecular weight is 333 g/mol. The summed E-state index contributed by atoms with van der Waals surface area (Å²) in [5, 5.41) is 2.44. The molecule has 0 radical (unpaired) electrons. The molecule has 0 saturated heterocycles. The molecule has 0 saturated carbocycles. The minimum Gasteiger partial charge on any atom is -0.376 e. The summed E-state index contributed by atoms with van der Waals surface area (Å²) < 4.78 is 38.6. The smallest absolute Gasteiger partial charge is 0.376 e. The van der Waals surface area contributed by atoms with E-state index in [0.29, 0.717) is 10.6 Å². The van der Waals surface area contributed by atoms with Crippen molar-refractivity contribution in [2.75, 3.05) is 5.32 Å². The Morgan fingerprint density at radius 1 is 1.24 bits per heavy atom. The minimum absolute atomic E-state index is 0.0542. The molecule has 0 atom stereocenters. The zero-order valence-corrected chi connectivity index (χ0v) is 11.9. The molecule has 3 N–H and O–H groups in total. The molecular formula is C12H8ClF3N4S. The van der Waals surface area contributed by atoms with E-state index in [2.05, 4.69) is 27.5 Å². The molecular weight excluding hydrogens is 325 g/mol. The number of hydrogen-bond donors (Lipinski definition) is 2. The van der Waals surface area contributed by atoms with Gasteiger partial charge in [-0.05, 0) is 30.4 Å². The van der Waals surface area contributed by atoms with Crippen LogP contribution in [-0.4, -0.2) is 15.1 Å². The lowest BCUT2D eigenvalue weighted by Gasteiger charge is -2.11. The van der Waals surface area contributed by atoms with Crippen molar-refractivity contribution in [2.24, 2.45) is 5.73 Å². The molecule has 9 heteroatoms. The summed E-state index contributed by atoms with van der Waals surface area (Å²) in [5.74, 6) is -0.327. The van der Waals surface area contributed by atoms with E-state index < -0.39 is 11.9 Å². The van der Waals surface area contributed by atoms with E-state index in [0.717, 1.165) is 6.07 Å². The first-order chi connectivity index (χ1) is 9.75. The second kappa shape index (κ2) is 5.82. The standard InChI is InChI=1S/C12H8ClF3N4S/c13-7-3-1-2-6(4-7)8-5-9(12(14,15)16)19-11(18-8)20-10(17)21/h1-5H,(H3,17,18,19,20,21). The lowest BCUT2D eigenvalue weighted by Crippen LogP contribution is -2.22. The molecule has 1 aromatic heterocycles. The molecule has 2 rings (SSSR count). The lowest BCUT2D eigenvalue weighted by atomic mass is 10.1. The summed E-state index contributed by atoms with van der Waals surface area (Å²) >= 11 is 10.4. The molecule has 21 heavy (non-hydrogen) atoms. The van der Waals surface area contributed by atoms with Crippen LogP contribution in [0.15, 0.2) is 30.3 Å². The number of aromatic nitrogens is 2. The van der Waals surface area contributed by atoms with Crippen LogP contribution in [0.4, 0.5) is 19.1 Å². The molecule has 0 fully saturated rings. The molecule has 0 amide bonds. The number of nitrogens with two attached hydrogens (primary N) is 1. The van der Waals surface area contributed by atoms with Gasteiger partial charge in [0.1, 0.15) is 0 Å². The number of rotatable bonds is 2. The van der Waals surface area contributed by atoms with Crippen LogP contribution in [0.3, 0.4) is 0 Å². The van der Waals surface area contributed by atoms with Crippen LogP contribution in [0.1, 0.15) is 5.69 Å². The van der Waals surface area contributed by atoms with Crippen molar-refractivity contribution in [1.29, 1.82) is 0 Å². The Kier molecular flexibility index (Phi) is 4.29.